The Bertz CT molecular complexity index is 1170. The first kappa shape index (κ1) is 23.4. The van der Waals surface area contributed by atoms with Crippen molar-refractivity contribution < 1.29 is 4.74 Å². The van der Waals surface area contributed by atoms with E-state index in [1.54, 1.807) is 18.3 Å². The Labute approximate surface area is 210 Å². The third-order valence-corrected chi connectivity index (χ3v) is 7.48. The van der Waals surface area contributed by atoms with Gasteiger partial charge in [-0.3, -0.25) is 5.41 Å². The molecule has 0 radical (unpaired) electrons. The molecule has 2 heterocycles. The summed E-state index contributed by atoms with van der Waals surface area (Å²) in [7, 11) is 1.82. The number of aromatic nitrogens is 2. The van der Waals surface area contributed by atoms with Gasteiger partial charge in [-0.2, -0.15) is 0 Å². The van der Waals surface area contributed by atoms with Gasteiger partial charge in [-0.05, 0) is 66.5 Å². The number of nitrogens with zero attached hydrogens (tertiary/aromatic N) is 3. The molecule has 0 amide bonds. The standard InChI is InChI=1S/C27H30N6OS/c1-3-35-33-15-19-13-21(14-20(19)16-33)32-27-24(26(29-2)30-17-31-27)25(28)18-9-11-23(12-10-18)34-22-7-5-4-6-8-22/h3-12,17,19-21,28H,1,13-16H2,2H3,(H2,29,30,31,32). The second-order valence-electron chi connectivity index (χ2n) is 8.96. The van der Waals surface area contributed by atoms with E-state index in [1.165, 1.54) is 0 Å². The molecule has 1 aliphatic heterocycles. The average Bonchev–Trinajstić information content (AvgIpc) is 3.43. The van der Waals surface area contributed by atoms with Gasteiger partial charge in [-0.25, -0.2) is 14.3 Å². The number of hydrogen-bond acceptors (Lipinski definition) is 8. The number of nitrogens with one attached hydrogen (secondary N) is 3. The molecule has 0 bridgehead atoms. The lowest BCUT2D eigenvalue weighted by Crippen LogP contribution is -2.23. The minimum absolute atomic E-state index is 0.341. The van der Waals surface area contributed by atoms with E-state index in [9.17, 15) is 0 Å². The Balaban J connectivity index is 1.32. The van der Waals surface area contributed by atoms with Gasteiger partial charge in [-0.1, -0.05) is 36.7 Å². The predicted octanol–water partition coefficient (Wildman–Crippen LogP) is 5.64. The maximum atomic E-state index is 9.00. The lowest BCUT2D eigenvalue weighted by molar-refractivity contribution is 0.482. The number of fused-ring (bicyclic) bond motifs is 1. The number of hydrogen-bond donors (Lipinski definition) is 3. The molecule has 7 nitrogen and oxygen atoms in total. The zero-order valence-electron chi connectivity index (χ0n) is 19.8. The molecule has 5 rings (SSSR count). The molecule has 1 aliphatic carbocycles. The van der Waals surface area contributed by atoms with Crippen molar-refractivity contribution in [1.82, 2.24) is 14.3 Å². The molecule has 1 aromatic heterocycles. The smallest absolute Gasteiger partial charge is 0.141 e. The van der Waals surface area contributed by atoms with Crippen LogP contribution < -0.4 is 15.4 Å². The summed E-state index contributed by atoms with van der Waals surface area (Å²) in [4.78, 5) is 8.95. The molecule has 3 N–H and O–H groups in total. The molecule has 180 valence electrons. The van der Waals surface area contributed by atoms with Gasteiger partial charge in [0, 0.05) is 31.7 Å². The normalized spacial score (nSPS) is 21.3. The molecular weight excluding hydrogens is 456 g/mol. The number of para-hydroxylation sites is 1. The van der Waals surface area contributed by atoms with Crippen LogP contribution in [0, 0.1) is 17.2 Å². The summed E-state index contributed by atoms with van der Waals surface area (Å²) >= 11 is 1.72. The summed E-state index contributed by atoms with van der Waals surface area (Å²) < 4.78 is 8.32. The Morgan fingerprint density at radius 3 is 2.34 bits per heavy atom. The highest BCUT2D eigenvalue weighted by Crippen LogP contribution is 2.41. The van der Waals surface area contributed by atoms with Gasteiger partial charge >= 0.3 is 0 Å². The van der Waals surface area contributed by atoms with Gasteiger partial charge in [0.15, 0.2) is 0 Å². The average molecular weight is 487 g/mol. The van der Waals surface area contributed by atoms with E-state index in [0.29, 0.717) is 40.8 Å². The molecule has 2 aliphatic rings. The first-order chi connectivity index (χ1) is 17.1. The molecule has 8 heteroatoms. The molecule has 2 atom stereocenters. The van der Waals surface area contributed by atoms with E-state index in [2.05, 4.69) is 31.5 Å². The topological polar surface area (TPSA) is 86.2 Å². The molecule has 2 aromatic carbocycles. The van der Waals surface area contributed by atoms with Crippen molar-refractivity contribution in [3.8, 4) is 11.5 Å². The highest BCUT2D eigenvalue weighted by molar-refractivity contribution is 7.99. The van der Waals surface area contributed by atoms with Gasteiger partial charge in [-0.15, -0.1) is 0 Å². The van der Waals surface area contributed by atoms with E-state index in [1.807, 2.05) is 67.1 Å². The van der Waals surface area contributed by atoms with Crippen LogP contribution in [0.5, 0.6) is 11.5 Å². The summed E-state index contributed by atoms with van der Waals surface area (Å²) in [5.41, 5.74) is 1.84. The molecule has 2 unspecified atom stereocenters. The van der Waals surface area contributed by atoms with Crippen molar-refractivity contribution in [2.75, 3.05) is 30.8 Å². The Morgan fingerprint density at radius 1 is 1.03 bits per heavy atom. The van der Waals surface area contributed by atoms with Crippen LogP contribution in [0.4, 0.5) is 11.6 Å². The molecule has 1 saturated heterocycles. The predicted molar refractivity (Wildman–Crippen MR) is 143 cm³/mol. The van der Waals surface area contributed by atoms with Gasteiger partial charge in [0.05, 0.1) is 11.3 Å². The number of ether oxygens (including phenoxy) is 1. The first-order valence-electron chi connectivity index (χ1n) is 11.9. The van der Waals surface area contributed by atoms with Gasteiger partial charge in [0.25, 0.3) is 0 Å². The third kappa shape index (κ3) is 5.18. The number of rotatable bonds is 9. The second-order valence-corrected chi connectivity index (χ2v) is 10.0. The van der Waals surface area contributed by atoms with Crippen molar-refractivity contribution in [3.63, 3.8) is 0 Å². The lowest BCUT2D eigenvalue weighted by atomic mass is 10.0. The van der Waals surface area contributed by atoms with Crippen LogP contribution in [0.1, 0.15) is 24.0 Å². The van der Waals surface area contributed by atoms with Crippen LogP contribution in [-0.4, -0.2) is 46.2 Å². The third-order valence-electron chi connectivity index (χ3n) is 6.74. The second kappa shape index (κ2) is 10.5. The quantitative estimate of drug-likeness (QED) is 0.266. The fourth-order valence-corrected chi connectivity index (χ4v) is 5.91. The monoisotopic (exact) mass is 486 g/mol. The summed E-state index contributed by atoms with van der Waals surface area (Å²) in [5.74, 6) is 4.23. The van der Waals surface area contributed by atoms with Crippen LogP contribution in [0.3, 0.4) is 0 Å². The maximum absolute atomic E-state index is 9.00. The van der Waals surface area contributed by atoms with E-state index < -0.39 is 0 Å². The highest BCUT2D eigenvalue weighted by Gasteiger charge is 2.41. The van der Waals surface area contributed by atoms with E-state index in [-0.39, 0.29) is 0 Å². The fourth-order valence-electron chi connectivity index (χ4n) is 5.14. The van der Waals surface area contributed by atoms with Crippen molar-refractivity contribution in [3.05, 3.63) is 84.0 Å². The summed E-state index contributed by atoms with van der Waals surface area (Å²) in [6.07, 6.45) is 3.77. The van der Waals surface area contributed by atoms with Gasteiger partial charge in [0.1, 0.15) is 29.5 Å². The summed E-state index contributed by atoms with van der Waals surface area (Å²) in [6.45, 7) is 6.05. The molecule has 3 aromatic rings. The van der Waals surface area contributed by atoms with Crippen LogP contribution in [0.2, 0.25) is 0 Å². The SMILES string of the molecule is C=CSN1CC2CC(Nc3ncnc(NC)c3C(=N)c3ccc(Oc4ccccc4)cc3)CC2C1. The van der Waals surface area contributed by atoms with Crippen LogP contribution in [0.15, 0.2) is 72.9 Å². The number of benzene rings is 2. The molecule has 2 fully saturated rings. The molecule has 0 spiro atoms. The van der Waals surface area contributed by atoms with Crippen molar-refractivity contribution in [1.29, 1.82) is 5.41 Å². The Hall–Kier alpha value is -3.36. The molecular formula is C27H30N6OS. The van der Waals surface area contributed by atoms with E-state index in [0.717, 1.165) is 43.0 Å². The minimum atomic E-state index is 0.341. The maximum Gasteiger partial charge on any atom is 0.141 e. The van der Waals surface area contributed by atoms with Crippen molar-refractivity contribution in [2.24, 2.45) is 11.8 Å². The molecule has 1 saturated carbocycles. The van der Waals surface area contributed by atoms with E-state index in [4.69, 9.17) is 10.1 Å². The zero-order valence-corrected chi connectivity index (χ0v) is 20.6. The van der Waals surface area contributed by atoms with Crippen molar-refractivity contribution >= 4 is 29.3 Å². The van der Waals surface area contributed by atoms with Crippen LogP contribution in [0.25, 0.3) is 0 Å². The van der Waals surface area contributed by atoms with Gasteiger partial charge < -0.3 is 15.4 Å². The summed E-state index contributed by atoms with van der Waals surface area (Å²) in [6, 6.07) is 17.6. The lowest BCUT2D eigenvalue weighted by Gasteiger charge is -2.21. The van der Waals surface area contributed by atoms with Crippen molar-refractivity contribution in [2.45, 2.75) is 18.9 Å². The van der Waals surface area contributed by atoms with Crippen LogP contribution in [-0.2, 0) is 0 Å². The minimum Gasteiger partial charge on any atom is -0.457 e. The zero-order chi connectivity index (χ0) is 24.2. The Morgan fingerprint density at radius 2 is 1.69 bits per heavy atom. The highest BCUT2D eigenvalue weighted by atomic mass is 32.2. The van der Waals surface area contributed by atoms with Crippen LogP contribution >= 0.6 is 11.9 Å². The first-order valence-corrected chi connectivity index (χ1v) is 12.7. The fraction of sp³-hybridized carbons (Fsp3) is 0.296. The summed E-state index contributed by atoms with van der Waals surface area (Å²) in [5, 5.41) is 17.7. The Kier molecular flexibility index (Phi) is 7.01. The van der Waals surface area contributed by atoms with Gasteiger partial charge in [0.2, 0.25) is 0 Å². The molecule has 35 heavy (non-hydrogen) atoms. The largest absolute Gasteiger partial charge is 0.457 e. The van der Waals surface area contributed by atoms with E-state index >= 15 is 0 Å². The number of anilines is 2.